The lowest BCUT2D eigenvalue weighted by atomic mass is 10.1. The van der Waals surface area contributed by atoms with Gasteiger partial charge in [0.25, 0.3) is 0 Å². The molecule has 0 aliphatic heterocycles. The number of oxazole rings is 1. The fraction of sp³-hybridized carbons (Fsp3) is 0.0909. The molecule has 2 rings (SSSR count). The van der Waals surface area contributed by atoms with Gasteiger partial charge in [-0.1, -0.05) is 24.3 Å². The van der Waals surface area contributed by atoms with E-state index in [9.17, 15) is 4.79 Å². The molecule has 0 unspecified atom stereocenters. The molecule has 0 amide bonds. The SMILES string of the molecule is Cc1ncc(-c2ccc(C=O)cc2)o1. The standard InChI is InChI=1S/C11H9NO2/c1-8-12-6-11(14-8)10-4-2-9(7-13)3-5-10/h2-7H,1H3. The number of carbonyl (C=O) groups is 1. The molecule has 0 bridgehead atoms. The van der Waals surface area contributed by atoms with E-state index in [1.165, 1.54) is 0 Å². The number of aryl methyl sites for hydroxylation is 1. The molecular formula is C11H9NO2. The Morgan fingerprint density at radius 1 is 1.29 bits per heavy atom. The first-order chi connectivity index (χ1) is 6.79. The van der Waals surface area contributed by atoms with E-state index in [1.54, 1.807) is 25.3 Å². The highest BCUT2D eigenvalue weighted by Gasteiger charge is 2.02. The number of aromatic nitrogens is 1. The maximum atomic E-state index is 10.4. The van der Waals surface area contributed by atoms with Crippen molar-refractivity contribution in [3.63, 3.8) is 0 Å². The van der Waals surface area contributed by atoms with Gasteiger partial charge in [0.05, 0.1) is 6.20 Å². The zero-order valence-corrected chi connectivity index (χ0v) is 7.73. The van der Waals surface area contributed by atoms with Crippen molar-refractivity contribution in [3.05, 3.63) is 41.9 Å². The zero-order chi connectivity index (χ0) is 9.97. The molecular weight excluding hydrogens is 178 g/mol. The number of carbonyl (C=O) groups excluding carboxylic acids is 1. The quantitative estimate of drug-likeness (QED) is 0.678. The maximum absolute atomic E-state index is 10.4. The second kappa shape index (κ2) is 3.46. The molecule has 0 radical (unpaired) electrons. The average Bonchev–Trinajstić information content (AvgIpc) is 2.65. The summed E-state index contributed by atoms with van der Waals surface area (Å²) < 4.78 is 5.34. The van der Waals surface area contributed by atoms with Crippen molar-refractivity contribution in [1.82, 2.24) is 4.98 Å². The van der Waals surface area contributed by atoms with E-state index in [-0.39, 0.29) is 0 Å². The van der Waals surface area contributed by atoms with Gasteiger partial charge in [-0.15, -0.1) is 0 Å². The highest BCUT2D eigenvalue weighted by atomic mass is 16.4. The Morgan fingerprint density at radius 2 is 2.00 bits per heavy atom. The van der Waals surface area contributed by atoms with Gasteiger partial charge in [-0.25, -0.2) is 4.98 Å². The third-order valence-electron chi connectivity index (χ3n) is 1.95. The van der Waals surface area contributed by atoms with E-state index < -0.39 is 0 Å². The van der Waals surface area contributed by atoms with Crippen LogP contribution in [0.2, 0.25) is 0 Å². The fourth-order valence-electron chi connectivity index (χ4n) is 1.22. The van der Waals surface area contributed by atoms with Crippen LogP contribution in [0.4, 0.5) is 0 Å². The Balaban J connectivity index is 2.38. The first-order valence-corrected chi connectivity index (χ1v) is 4.27. The number of rotatable bonds is 2. The van der Waals surface area contributed by atoms with Crippen LogP contribution in [0.1, 0.15) is 16.2 Å². The minimum atomic E-state index is 0.638. The summed E-state index contributed by atoms with van der Waals surface area (Å²) in [4.78, 5) is 14.4. The molecule has 70 valence electrons. The Bertz CT molecular complexity index is 443. The highest BCUT2D eigenvalue weighted by Crippen LogP contribution is 2.19. The Hall–Kier alpha value is -1.90. The van der Waals surface area contributed by atoms with E-state index in [2.05, 4.69) is 4.98 Å². The first-order valence-electron chi connectivity index (χ1n) is 4.27. The molecule has 0 fully saturated rings. The Labute approximate surface area is 81.4 Å². The van der Waals surface area contributed by atoms with Crippen molar-refractivity contribution in [2.24, 2.45) is 0 Å². The Kier molecular flexibility index (Phi) is 2.14. The van der Waals surface area contributed by atoms with E-state index >= 15 is 0 Å². The number of hydrogen-bond acceptors (Lipinski definition) is 3. The van der Waals surface area contributed by atoms with Crippen LogP contribution in [0, 0.1) is 6.92 Å². The predicted octanol–water partition coefficient (Wildman–Crippen LogP) is 2.46. The molecule has 0 aliphatic carbocycles. The van der Waals surface area contributed by atoms with E-state index in [0.717, 1.165) is 17.6 Å². The maximum Gasteiger partial charge on any atom is 0.191 e. The van der Waals surface area contributed by atoms with Crippen LogP contribution < -0.4 is 0 Å². The van der Waals surface area contributed by atoms with Crippen molar-refractivity contribution in [3.8, 4) is 11.3 Å². The van der Waals surface area contributed by atoms with Crippen LogP contribution in [0.25, 0.3) is 11.3 Å². The number of benzene rings is 1. The second-order valence-electron chi connectivity index (χ2n) is 2.98. The highest BCUT2D eigenvalue weighted by molar-refractivity contribution is 5.76. The van der Waals surface area contributed by atoms with E-state index in [0.29, 0.717) is 11.5 Å². The molecule has 0 atom stereocenters. The van der Waals surface area contributed by atoms with Crippen molar-refractivity contribution in [1.29, 1.82) is 0 Å². The molecule has 14 heavy (non-hydrogen) atoms. The summed E-state index contributed by atoms with van der Waals surface area (Å²) >= 11 is 0. The molecule has 1 aromatic carbocycles. The van der Waals surface area contributed by atoms with Crippen LogP contribution in [-0.4, -0.2) is 11.3 Å². The zero-order valence-electron chi connectivity index (χ0n) is 7.73. The second-order valence-corrected chi connectivity index (χ2v) is 2.98. The molecule has 0 aliphatic rings. The molecule has 2 aromatic rings. The summed E-state index contributed by atoms with van der Waals surface area (Å²) in [5, 5.41) is 0. The van der Waals surface area contributed by atoms with Gasteiger partial charge in [-0.05, 0) is 0 Å². The van der Waals surface area contributed by atoms with Crippen molar-refractivity contribution < 1.29 is 9.21 Å². The smallest absolute Gasteiger partial charge is 0.191 e. The van der Waals surface area contributed by atoms with Crippen LogP contribution >= 0.6 is 0 Å². The molecule has 0 saturated heterocycles. The molecule has 1 heterocycles. The number of hydrogen-bond donors (Lipinski definition) is 0. The number of aldehydes is 1. The van der Waals surface area contributed by atoms with Gasteiger partial charge in [-0.2, -0.15) is 0 Å². The monoisotopic (exact) mass is 187 g/mol. The lowest BCUT2D eigenvalue weighted by Gasteiger charge is -1.95. The van der Waals surface area contributed by atoms with E-state index in [4.69, 9.17) is 4.42 Å². The summed E-state index contributed by atoms with van der Waals surface area (Å²) in [6, 6.07) is 7.17. The first kappa shape index (κ1) is 8.69. The van der Waals surface area contributed by atoms with Crippen molar-refractivity contribution in [2.45, 2.75) is 6.92 Å². The topological polar surface area (TPSA) is 43.1 Å². The molecule has 3 nitrogen and oxygen atoms in total. The summed E-state index contributed by atoms with van der Waals surface area (Å²) in [5.41, 5.74) is 1.58. The van der Waals surface area contributed by atoms with Crippen LogP contribution in [0.3, 0.4) is 0 Å². The third kappa shape index (κ3) is 1.57. The molecule has 0 spiro atoms. The Morgan fingerprint density at radius 3 is 2.50 bits per heavy atom. The summed E-state index contributed by atoms with van der Waals surface area (Å²) in [6.07, 6.45) is 2.49. The lowest BCUT2D eigenvalue weighted by Crippen LogP contribution is -1.79. The van der Waals surface area contributed by atoms with Gasteiger partial charge < -0.3 is 4.42 Å². The predicted molar refractivity (Wildman–Crippen MR) is 52.1 cm³/mol. The molecule has 1 aromatic heterocycles. The fourth-order valence-corrected chi connectivity index (χ4v) is 1.22. The molecule has 0 N–H and O–H groups in total. The lowest BCUT2D eigenvalue weighted by molar-refractivity contribution is 0.112. The summed E-state index contributed by atoms with van der Waals surface area (Å²) in [5.74, 6) is 1.36. The van der Waals surface area contributed by atoms with Gasteiger partial charge in [0.1, 0.15) is 6.29 Å². The van der Waals surface area contributed by atoms with Gasteiger partial charge in [0.2, 0.25) is 0 Å². The number of nitrogens with zero attached hydrogens (tertiary/aromatic N) is 1. The summed E-state index contributed by atoms with van der Waals surface area (Å²) in [6.45, 7) is 1.79. The van der Waals surface area contributed by atoms with Gasteiger partial charge >= 0.3 is 0 Å². The van der Waals surface area contributed by atoms with Crippen LogP contribution in [0.5, 0.6) is 0 Å². The largest absolute Gasteiger partial charge is 0.441 e. The van der Waals surface area contributed by atoms with Crippen molar-refractivity contribution >= 4 is 6.29 Å². The summed E-state index contributed by atoms with van der Waals surface area (Å²) in [7, 11) is 0. The van der Waals surface area contributed by atoms with Gasteiger partial charge in [-0.3, -0.25) is 4.79 Å². The van der Waals surface area contributed by atoms with Crippen molar-refractivity contribution in [2.75, 3.05) is 0 Å². The molecule has 3 heteroatoms. The average molecular weight is 187 g/mol. The minimum Gasteiger partial charge on any atom is -0.441 e. The minimum absolute atomic E-state index is 0.638. The normalized spacial score (nSPS) is 10.1. The van der Waals surface area contributed by atoms with Crippen LogP contribution in [-0.2, 0) is 0 Å². The van der Waals surface area contributed by atoms with Gasteiger partial charge in [0, 0.05) is 18.1 Å². The van der Waals surface area contributed by atoms with E-state index in [1.807, 2.05) is 12.1 Å². The van der Waals surface area contributed by atoms with Crippen LogP contribution in [0.15, 0.2) is 34.9 Å². The van der Waals surface area contributed by atoms with Gasteiger partial charge in [0.15, 0.2) is 11.7 Å². The molecule has 0 saturated carbocycles. The third-order valence-corrected chi connectivity index (χ3v) is 1.95.